The normalized spacial score (nSPS) is 10.4. The maximum atomic E-state index is 5.97. The van der Waals surface area contributed by atoms with Crippen molar-refractivity contribution in [3.8, 4) is 5.69 Å². The van der Waals surface area contributed by atoms with Gasteiger partial charge in [0.1, 0.15) is 12.0 Å². The molecule has 0 aliphatic rings. The highest BCUT2D eigenvalue weighted by molar-refractivity contribution is 6.31. The first kappa shape index (κ1) is 9.18. The molecule has 0 fully saturated rings. The molecular formula is C9H9ClN4. The molecule has 2 aromatic heterocycles. The van der Waals surface area contributed by atoms with E-state index in [0.29, 0.717) is 11.7 Å². The maximum Gasteiger partial charge on any atom is 0.156 e. The molecule has 0 atom stereocenters. The van der Waals surface area contributed by atoms with Gasteiger partial charge in [0, 0.05) is 18.9 Å². The third kappa shape index (κ3) is 1.49. The lowest BCUT2D eigenvalue weighted by atomic mass is 10.3. The molecule has 0 aromatic carbocycles. The molecule has 0 saturated heterocycles. The molecule has 4 nitrogen and oxygen atoms in total. The van der Waals surface area contributed by atoms with Gasteiger partial charge < -0.3 is 10.3 Å². The van der Waals surface area contributed by atoms with Gasteiger partial charge in [0.25, 0.3) is 0 Å². The number of nitrogens with two attached hydrogens (primary N) is 1. The monoisotopic (exact) mass is 208 g/mol. The van der Waals surface area contributed by atoms with Crippen LogP contribution in [-0.4, -0.2) is 14.5 Å². The Hall–Kier alpha value is -1.39. The van der Waals surface area contributed by atoms with Crippen LogP contribution in [0.1, 0.15) is 5.69 Å². The summed E-state index contributed by atoms with van der Waals surface area (Å²) in [4.78, 5) is 7.99. The summed E-state index contributed by atoms with van der Waals surface area (Å²) in [6.45, 7) is 0.343. The zero-order chi connectivity index (χ0) is 9.97. The zero-order valence-corrected chi connectivity index (χ0v) is 8.15. The molecule has 72 valence electrons. The van der Waals surface area contributed by atoms with E-state index in [0.717, 1.165) is 11.4 Å². The van der Waals surface area contributed by atoms with Crippen LogP contribution in [0.15, 0.2) is 30.9 Å². The highest BCUT2D eigenvalue weighted by Gasteiger charge is 2.09. The van der Waals surface area contributed by atoms with Crippen LogP contribution in [0.5, 0.6) is 0 Å². The minimum atomic E-state index is 0.343. The molecule has 0 aliphatic carbocycles. The summed E-state index contributed by atoms with van der Waals surface area (Å²) in [5.74, 6) is 0. The number of aromatic nitrogens is 3. The molecule has 14 heavy (non-hydrogen) atoms. The van der Waals surface area contributed by atoms with Gasteiger partial charge in [-0.1, -0.05) is 11.6 Å². The van der Waals surface area contributed by atoms with Gasteiger partial charge in [-0.15, -0.1) is 0 Å². The van der Waals surface area contributed by atoms with Crippen molar-refractivity contribution in [2.24, 2.45) is 5.73 Å². The minimum absolute atomic E-state index is 0.343. The van der Waals surface area contributed by atoms with Crippen molar-refractivity contribution >= 4 is 11.6 Å². The number of rotatable bonds is 2. The van der Waals surface area contributed by atoms with Crippen molar-refractivity contribution in [2.75, 3.05) is 0 Å². The first-order valence-electron chi connectivity index (χ1n) is 4.15. The number of hydrogen-bond acceptors (Lipinski definition) is 3. The van der Waals surface area contributed by atoms with E-state index in [2.05, 4.69) is 9.97 Å². The van der Waals surface area contributed by atoms with Gasteiger partial charge in [-0.25, -0.2) is 9.97 Å². The van der Waals surface area contributed by atoms with Crippen molar-refractivity contribution in [1.29, 1.82) is 0 Å². The predicted molar refractivity (Wildman–Crippen MR) is 54.3 cm³/mol. The van der Waals surface area contributed by atoms with Gasteiger partial charge in [0.2, 0.25) is 0 Å². The number of nitrogens with zero attached hydrogens (tertiary/aromatic N) is 3. The highest BCUT2D eigenvalue weighted by Crippen LogP contribution is 2.19. The molecule has 2 aromatic rings. The van der Waals surface area contributed by atoms with E-state index in [1.54, 1.807) is 0 Å². The van der Waals surface area contributed by atoms with E-state index >= 15 is 0 Å². The predicted octanol–water partition coefficient (Wildman–Crippen LogP) is 1.38. The van der Waals surface area contributed by atoms with E-state index in [9.17, 15) is 0 Å². The summed E-state index contributed by atoms with van der Waals surface area (Å²) in [5.41, 5.74) is 7.05. The van der Waals surface area contributed by atoms with E-state index in [1.807, 2.05) is 29.1 Å². The molecule has 0 amide bonds. The molecule has 2 rings (SSSR count). The standard InChI is InChI=1S/C9H9ClN4/c10-9-8(14-3-1-2-4-14)7(5-11)12-6-13-9/h1-4,6H,5,11H2. The quantitative estimate of drug-likeness (QED) is 0.759. The molecule has 2 N–H and O–H groups in total. The average molecular weight is 209 g/mol. The van der Waals surface area contributed by atoms with Gasteiger partial charge in [0.05, 0.1) is 5.69 Å². The Kier molecular flexibility index (Phi) is 2.47. The first-order valence-corrected chi connectivity index (χ1v) is 4.53. The fraction of sp³-hybridized carbons (Fsp3) is 0.111. The van der Waals surface area contributed by atoms with E-state index in [1.165, 1.54) is 6.33 Å². The summed E-state index contributed by atoms with van der Waals surface area (Å²) in [7, 11) is 0. The molecule has 0 saturated carbocycles. The second-order valence-electron chi connectivity index (χ2n) is 2.75. The third-order valence-corrected chi connectivity index (χ3v) is 2.19. The smallest absolute Gasteiger partial charge is 0.156 e. The van der Waals surface area contributed by atoms with Gasteiger partial charge in [-0.05, 0) is 12.1 Å². The van der Waals surface area contributed by atoms with Crippen LogP contribution < -0.4 is 5.73 Å². The second kappa shape index (κ2) is 3.77. The van der Waals surface area contributed by atoms with Crippen LogP contribution in [0.2, 0.25) is 5.15 Å². The summed E-state index contributed by atoms with van der Waals surface area (Å²) >= 11 is 5.97. The van der Waals surface area contributed by atoms with Crippen molar-refractivity contribution in [1.82, 2.24) is 14.5 Å². The number of halogens is 1. The molecule has 0 radical (unpaired) electrons. The summed E-state index contributed by atoms with van der Waals surface area (Å²) in [5, 5.41) is 0.414. The highest BCUT2D eigenvalue weighted by atomic mass is 35.5. The van der Waals surface area contributed by atoms with E-state index in [-0.39, 0.29) is 0 Å². The summed E-state index contributed by atoms with van der Waals surface area (Å²) < 4.78 is 1.85. The summed E-state index contributed by atoms with van der Waals surface area (Å²) in [6.07, 6.45) is 5.17. The van der Waals surface area contributed by atoms with E-state index in [4.69, 9.17) is 17.3 Å². The Bertz CT molecular complexity index is 424. The van der Waals surface area contributed by atoms with Crippen LogP contribution in [0, 0.1) is 0 Å². The molecule has 0 unspecified atom stereocenters. The largest absolute Gasteiger partial charge is 0.325 e. The second-order valence-corrected chi connectivity index (χ2v) is 3.11. The molecule has 0 aliphatic heterocycles. The lowest BCUT2D eigenvalue weighted by Crippen LogP contribution is -2.07. The Morgan fingerprint density at radius 3 is 2.64 bits per heavy atom. The first-order chi connectivity index (χ1) is 6.83. The van der Waals surface area contributed by atoms with Gasteiger partial charge in [0.15, 0.2) is 5.15 Å². The van der Waals surface area contributed by atoms with Crippen molar-refractivity contribution in [3.05, 3.63) is 41.7 Å². The number of hydrogen-bond donors (Lipinski definition) is 1. The third-order valence-electron chi connectivity index (χ3n) is 1.91. The Balaban J connectivity index is 2.61. The topological polar surface area (TPSA) is 56.7 Å². The zero-order valence-electron chi connectivity index (χ0n) is 7.39. The SMILES string of the molecule is NCc1ncnc(Cl)c1-n1cccc1. The molecular weight excluding hydrogens is 200 g/mol. The average Bonchev–Trinajstić information content (AvgIpc) is 2.70. The van der Waals surface area contributed by atoms with Crippen molar-refractivity contribution in [2.45, 2.75) is 6.54 Å². The van der Waals surface area contributed by atoms with Gasteiger partial charge >= 0.3 is 0 Å². The van der Waals surface area contributed by atoms with Crippen molar-refractivity contribution < 1.29 is 0 Å². The van der Waals surface area contributed by atoms with Crippen LogP contribution >= 0.6 is 11.6 Å². The van der Waals surface area contributed by atoms with Crippen LogP contribution in [0.3, 0.4) is 0 Å². The van der Waals surface area contributed by atoms with Crippen molar-refractivity contribution in [3.63, 3.8) is 0 Å². The minimum Gasteiger partial charge on any atom is -0.325 e. The Morgan fingerprint density at radius 2 is 2.00 bits per heavy atom. The summed E-state index contributed by atoms with van der Waals surface area (Å²) in [6, 6.07) is 3.81. The fourth-order valence-corrected chi connectivity index (χ4v) is 1.53. The van der Waals surface area contributed by atoms with Gasteiger partial charge in [-0.2, -0.15) is 0 Å². The Morgan fingerprint density at radius 1 is 1.29 bits per heavy atom. The molecule has 0 spiro atoms. The lowest BCUT2D eigenvalue weighted by molar-refractivity contribution is 0.909. The maximum absolute atomic E-state index is 5.97. The van der Waals surface area contributed by atoms with Gasteiger partial charge in [-0.3, -0.25) is 0 Å². The Labute approximate surface area is 86.4 Å². The molecule has 0 bridgehead atoms. The lowest BCUT2D eigenvalue weighted by Gasteiger charge is -2.08. The van der Waals surface area contributed by atoms with Crippen LogP contribution in [0.25, 0.3) is 5.69 Å². The van der Waals surface area contributed by atoms with Crippen LogP contribution in [0.4, 0.5) is 0 Å². The fourth-order valence-electron chi connectivity index (χ4n) is 1.28. The molecule has 5 heteroatoms. The van der Waals surface area contributed by atoms with Crippen LogP contribution in [-0.2, 0) is 6.54 Å². The van der Waals surface area contributed by atoms with E-state index < -0.39 is 0 Å². The molecule has 2 heterocycles.